The summed E-state index contributed by atoms with van der Waals surface area (Å²) in [5.74, 6) is -7.24. The third kappa shape index (κ3) is 13.7. The number of hydrogen-bond acceptors (Lipinski definition) is 9. The summed E-state index contributed by atoms with van der Waals surface area (Å²) in [4.78, 5) is 74.6. The van der Waals surface area contributed by atoms with Crippen molar-refractivity contribution in [2.75, 3.05) is 13.2 Å². The maximum atomic E-state index is 12.8. The van der Waals surface area contributed by atoms with Gasteiger partial charge in [0.25, 0.3) is 0 Å². The first-order chi connectivity index (χ1) is 16.8. The molecular weight excluding hydrogens is 486 g/mol. The van der Waals surface area contributed by atoms with Gasteiger partial charge in [0, 0.05) is 19.4 Å². The van der Waals surface area contributed by atoms with E-state index < -0.39 is 92.1 Å². The lowest BCUT2D eigenvalue weighted by atomic mass is 10.1. The zero-order chi connectivity index (χ0) is 27.8. The van der Waals surface area contributed by atoms with Crippen LogP contribution in [-0.4, -0.2) is 99.3 Å². The van der Waals surface area contributed by atoms with E-state index in [4.69, 9.17) is 32.5 Å². The molecule has 0 aliphatic carbocycles. The highest BCUT2D eigenvalue weighted by atomic mass is 16.4. The lowest BCUT2D eigenvalue weighted by Crippen LogP contribution is -2.57. The Morgan fingerprint density at radius 3 is 1.56 bits per heavy atom. The molecule has 3 amide bonds. The van der Waals surface area contributed by atoms with Gasteiger partial charge >= 0.3 is 17.9 Å². The van der Waals surface area contributed by atoms with Gasteiger partial charge in [0.05, 0.1) is 6.61 Å². The number of aliphatic imine (C=N–C) groups is 1. The second-order valence-electron chi connectivity index (χ2n) is 7.62. The summed E-state index contributed by atoms with van der Waals surface area (Å²) in [7, 11) is 0. The smallest absolute Gasteiger partial charge is 0.326 e. The second-order valence-corrected chi connectivity index (χ2v) is 7.62. The number of nitrogens with one attached hydrogen (secondary N) is 3. The van der Waals surface area contributed by atoms with E-state index in [9.17, 15) is 33.9 Å². The second kappa shape index (κ2) is 16.6. The van der Waals surface area contributed by atoms with E-state index in [0.717, 1.165) is 0 Å². The zero-order valence-electron chi connectivity index (χ0n) is 19.4. The third-order valence-corrected chi connectivity index (χ3v) is 4.65. The van der Waals surface area contributed by atoms with Gasteiger partial charge in [-0.3, -0.25) is 29.0 Å². The van der Waals surface area contributed by atoms with Gasteiger partial charge in [-0.25, -0.2) is 4.79 Å². The van der Waals surface area contributed by atoms with E-state index in [1.165, 1.54) is 0 Å². The molecule has 0 fully saturated rings. The normalized spacial score (nSPS) is 13.8. The molecule has 0 aromatic heterocycles. The summed E-state index contributed by atoms with van der Waals surface area (Å²) in [6, 6.07) is -5.86. The summed E-state index contributed by atoms with van der Waals surface area (Å²) < 4.78 is 0. The van der Waals surface area contributed by atoms with Crippen molar-refractivity contribution in [2.24, 2.45) is 22.2 Å². The van der Waals surface area contributed by atoms with Crippen LogP contribution in [0, 0.1) is 0 Å². The first kappa shape index (κ1) is 32.0. The van der Waals surface area contributed by atoms with Crippen LogP contribution < -0.4 is 33.2 Å². The molecule has 0 aliphatic heterocycles. The Kier molecular flexibility index (Phi) is 14.8. The molecule has 0 saturated carbocycles. The van der Waals surface area contributed by atoms with Crippen molar-refractivity contribution in [3.8, 4) is 0 Å². The maximum Gasteiger partial charge on any atom is 0.326 e. The SMILES string of the molecule is NC(N)=NCCCC(NC(=O)C(CCC(=O)O)NC(=O)C(CCC(=O)O)NC(=O)C(N)CO)C(=O)O. The van der Waals surface area contributed by atoms with E-state index in [-0.39, 0.29) is 25.3 Å². The number of hydrogen-bond donors (Lipinski definition) is 10. The van der Waals surface area contributed by atoms with Crippen LogP contribution in [0.5, 0.6) is 0 Å². The number of carboxylic acids is 3. The van der Waals surface area contributed by atoms with Gasteiger partial charge in [-0.15, -0.1) is 0 Å². The van der Waals surface area contributed by atoms with Crippen molar-refractivity contribution < 1.29 is 49.2 Å². The molecule has 17 heteroatoms. The zero-order valence-corrected chi connectivity index (χ0v) is 19.4. The minimum Gasteiger partial charge on any atom is -0.481 e. The molecule has 0 aliphatic rings. The number of aliphatic hydroxyl groups is 1. The fourth-order valence-electron chi connectivity index (χ4n) is 2.74. The molecule has 204 valence electrons. The number of aliphatic carboxylic acids is 3. The molecule has 0 rings (SSSR count). The standard InChI is InChI=1S/C19H33N7O10/c20-9(8-27)15(32)24-10(3-5-13(28)29)16(33)25-11(4-6-14(30)31)17(34)26-12(18(35)36)2-1-7-23-19(21)22/h9-12,27H,1-8,20H2,(H,24,32)(H,25,33)(H,26,34)(H,28,29)(H,30,31)(H,35,36)(H4,21,22,23). The number of aliphatic hydroxyl groups excluding tert-OH is 1. The third-order valence-electron chi connectivity index (χ3n) is 4.65. The van der Waals surface area contributed by atoms with Crippen LogP contribution in [0.4, 0.5) is 0 Å². The van der Waals surface area contributed by atoms with Crippen molar-refractivity contribution in [3.63, 3.8) is 0 Å². The van der Waals surface area contributed by atoms with Crippen LogP contribution in [-0.2, 0) is 28.8 Å². The van der Waals surface area contributed by atoms with Crippen molar-refractivity contribution in [1.82, 2.24) is 16.0 Å². The van der Waals surface area contributed by atoms with E-state index in [1.54, 1.807) is 0 Å². The van der Waals surface area contributed by atoms with Crippen molar-refractivity contribution >= 4 is 41.6 Å². The monoisotopic (exact) mass is 519 g/mol. The van der Waals surface area contributed by atoms with Crippen LogP contribution in [0.2, 0.25) is 0 Å². The molecule has 36 heavy (non-hydrogen) atoms. The van der Waals surface area contributed by atoms with Crippen molar-refractivity contribution in [2.45, 2.75) is 62.7 Å². The summed E-state index contributed by atoms with van der Waals surface area (Å²) in [6.07, 6.45) is -1.91. The molecule has 0 radical (unpaired) electrons. The number of carboxylic acid groups (broad SMARTS) is 3. The Bertz CT molecular complexity index is 831. The highest BCUT2D eigenvalue weighted by molar-refractivity contribution is 5.94. The van der Waals surface area contributed by atoms with Crippen LogP contribution in [0.25, 0.3) is 0 Å². The average Bonchev–Trinajstić information content (AvgIpc) is 2.79. The Morgan fingerprint density at radius 2 is 1.17 bits per heavy atom. The summed E-state index contributed by atoms with van der Waals surface area (Å²) >= 11 is 0. The van der Waals surface area contributed by atoms with Gasteiger partial charge < -0.3 is 53.6 Å². The lowest BCUT2D eigenvalue weighted by Gasteiger charge is -2.24. The van der Waals surface area contributed by atoms with E-state index in [2.05, 4.69) is 20.9 Å². The molecule has 0 spiro atoms. The number of nitrogens with two attached hydrogens (primary N) is 3. The first-order valence-electron chi connectivity index (χ1n) is 10.8. The van der Waals surface area contributed by atoms with Gasteiger partial charge in [-0.05, 0) is 25.7 Å². The molecule has 13 N–H and O–H groups in total. The van der Waals surface area contributed by atoms with Crippen LogP contribution in [0.15, 0.2) is 4.99 Å². The number of amides is 3. The number of nitrogens with zero attached hydrogens (tertiary/aromatic N) is 1. The van der Waals surface area contributed by atoms with Crippen LogP contribution in [0.3, 0.4) is 0 Å². The molecule has 4 unspecified atom stereocenters. The Labute approximate surface area is 205 Å². The van der Waals surface area contributed by atoms with Crippen molar-refractivity contribution in [3.05, 3.63) is 0 Å². The number of carbonyl (C=O) groups is 6. The van der Waals surface area contributed by atoms with Gasteiger partial charge in [-0.1, -0.05) is 0 Å². The van der Waals surface area contributed by atoms with Gasteiger partial charge in [0.2, 0.25) is 17.7 Å². The molecular formula is C19H33N7O10. The summed E-state index contributed by atoms with van der Waals surface area (Å²) in [5.41, 5.74) is 15.8. The minimum atomic E-state index is -1.54. The Hall–Kier alpha value is -3.99. The quantitative estimate of drug-likeness (QED) is 0.0465. The molecule has 0 aromatic rings. The molecule has 4 atom stereocenters. The van der Waals surface area contributed by atoms with Crippen molar-refractivity contribution in [1.29, 1.82) is 0 Å². The predicted octanol–water partition coefficient (Wildman–Crippen LogP) is -4.37. The Morgan fingerprint density at radius 1 is 0.722 bits per heavy atom. The van der Waals surface area contributed by atoms with E-state index >= 15 is 0 Å². The molecule has 0 aromatic carbocycles. The number of rotatable bonds is 18. The topological polar surface area (TPSA) is 310 Å². The minimum absolute atomic E-state index is 0.0854. The lowest BCUT2D eigenvalue weighted by molar-refractivity contribution is -0.143. The largest absolute Gasteiger partial charge is 0.481 e. The number of guanidine groups is 1. The average molecular weight is 520 g/mol. The molecule has 0 saturated heterocycles. The molecule has 0 heterocycles. The highest BCUT2D eigenvalue weighted by Crippen LogP contribution is 2.06. The van der Waals surface area contributed by atoms with E-state index in [0.29, 0.717) is 0 Å². The van der Waals surface area contributed by atoms with Gasteiger partial charge in [0.15, 0.2) is 5.96 Å². The fourth-order valence-corrected chi connectivity index (χ4v) is 2.74. The summed E-state index contributed by atoms with van der Waals surface area (Å²) in [6.45, 7) is -0.676. The van der Waals surface area contributed by atoms with E-state index in [1.807, 2.05) is 0 Å². The Balaban J connectivity index is 5.55. The maximum absolute atomic E-state index is 12.8. The fraction of sp³-hybridized carbons (Fsp3) is 0.632. The van der Waals surface area contributed by atoms with Gasteiger partial charge in [-0.2, -0.15) is 0 Å². The molecule has 17 nitrogen and oxygen atoms in total. The van der Waals surface area contributed by atoms with Crippen LogP contribution in [0.1, 0.15) is 38.5 Å². The van der Waals surface area contributed by atoms with Gasteiger partial charge in [0.1, 0.15) is 24.2 Å². The summed E-state index contributed by atoms with van der Waals surface area (Å²) in [5, 5.41) is 42.8. The first-order valence-corrected chi connectivity index (χ1v) is 10.8. The number of carbonyl (C=O) groups excluding carboxylic acids is 3. The van der Waals surface area contributed by atoms with Crippen LogP contribution >= 0.6 is 0 Å². The highest BCUT2D eigenvalue weighted by Gasteiger charge is 2.30. The molecule has 0 bridgehead atoms. The predicted molar refractivity (Wildman–Crippen MR) is 122 cm³/mol.